The Morgan fingerprint density at radius 2 is 2.11 bits per heavy atom. The number of aromatic nitrogens is 4. The van der Waals surface area contributed by atoms with Crippen LogP contribution in [-0.4, -0.2) is 36.9 Å². The highest BCUT2D eigenvalue weighted by atomic mass is 16.4. The summed E-state index contributed by atoms with van der Waals surface area (Å²) in [5, 5.41) is 24.1. The number of hydrogen-bond donors (Lipinski definition) is 2. The lowest BCUT2D eigenvalue weighted by Gasteiger charge is -2.18. The second-order valence-corrected chi connectivity index (χ2v) is 4.44. The molecule has 0 aliphatic heterocycles. The van der Waals surface area contributed by atoms with E-state index in [9.17, 15) is 4.79 Å². The Morgan fingerprint density at radius 3 is 2.72 bits per heavy atom. The van der Waals surface area contributed by atoms with Crippen LogP contribution in [0.4, 0.5) is 5.82 Å². The average molecular weight is 249 g/mol. The van der Waals surface area contributed by atoms with Gasteiger partial charge in [-0.15, -0.1) is 15.3 Å². The number of carboxylic acid groups (broad SMARTS) is 1. The number of nitrogens with one attached hydrogen (secondary N) is 1. The highest BCUT2D eigenvalue weighted by Gasteiger charge is 2.21. The van der Waals surface area contributed by atoms with Crippen molar-refractivity contribution in [3.05, 3.63) is 18.0 Å². The molecule has 0 aromatic carbocycles. The number of carbonyl (C=O) groups is 1. The predicted octanol–water partition coefficient (Wildman–Crippen LogP) is 0.954. The molecule has 7 nitrogen and oxygen atoms in total. The molecular formula is C11H15N5O2. The number of nitrogens with zero attached hydrogens (tertiary/aromatic N) is 4. The van der Waals surface area contributed by atoms with Gasteiger partial charge in [-0.25, -0.2) is 4.79 Å². The third-order valence-electron chi connectivity index (χ3n) is 2.65. The van der Waals surface area contributed by atoms with E-state index >= 15 is 0 Å². The smallest absolute Gasteiger partial charge is 0.326 e. The Hall–Kier alpha value is -2.18. The molecule has 0 bridgehead atoms. The van der Waals surface area contributed by atoms with E-state index in [4.69, 9.17) is 5.11 Å². The number of anilines is 1. The molecular weight excluding hydrogens is 234 g/mol. The van der Waals surface area contributed by atoms with Crippen molar-refractivity contribution in [1.82, 2.24) is 19.8 Å². The Bertz CT molecular complexity index is 578. The van der Waals surface area contributed by atoms with E-state index in [1.165, 1.54) is 0 Å². The van der Waals surface area contributed by atoms with Gasteiger partial charge in [0.1, 0.15) is 11.9 Å². The maximum atomic E-state index is 11.1. The molecule has 96 valence electrons. The van der Waals surface area contributed by atoms with Crippen LogP contribution in [0.5, 0.6) is 0 Å². The zero-order valence-corrected chi connectivity index (χ0v) is 10.5. The molecule has 0 aliphatic carbocycles. The van der Waals surface area contributed by atoms with Gasteiger partial charge in [0.2, 0.25) is 0 Å². The molecule has 0 unspecified atom stereocenters. The Kier molecular flexibility index (Phi) is 3.14. The summed E-state index contributed by atoms with van der Waals surface area (Å²) in [4.78, 5) is 11.1. The van der Waals surface area contributed by atoms with E-state index in [0.29, 0.717) is 17.3 Å². The largest absolute Gasteiger partial charge is 0.480 e. The first-order valence-corrected chi connectivity index (χ1v) is 5.67. The SMILES string of the molecule is Cc1nnc2ccc(N[C@@H](C(=O)O)C(C)C)nn12. The van der Waals surface area contributed by atoms with Crippen LogP contribution in [0.3, 0.4) is 0 Å². The van der Waals surface area contributed by atoms with Gasteiger partial charge >= 0.3 is 5.97 Å². The number of hydrogen-bond acceptors (Lipinski definition) is 5. The van der Waals surface area contributed by atoms with Crippen molar-refractivity contribution in [2.24, 2.45) is 5.92 Å². The fraction of sp³-hybridized carbons (Fsp3) is 0.455. The summed E-state index contributed by atoms with van der Waals surface area (Å²) in [7, 11) is 0. The van der Waals surface area contributed by atoms with Crippen LogP contribution >= 0.6 is 0 Å². The van der Waals surface area contributed by atoms with Crippen molar-refractivity contribution >= 4 is 17.4 Å². The molecule has 0 spiro atoms. The molecule has 2 N–H and O–H groups in total. The minimum Gasteiger partial charge on any atom is -0.480 e. The normalized spacial score (nSPS) is 12.9. The molecule has 0 aliphatic rings. The quantitative estimate of drug-likeness (QED) is 0.838. The maximum absolute atomic E-state index is 11.1. The lowest BCUT2D eigenvalue weighted by Crippen LogP contribution is -2.34. The topological polar surface area (TPSA) is 92.4 Å². The van der Waals surface area contributed by atoms with E-state index in [2.05, 4.69) is 20.6 Å². The van der Waals surface area contributed by atoms with Gasteiger partial charge in [0.15, 0.2) is 11.5 Å². The first-order valence-electron chi connectivity index (χ1n) is 5.67. The summed E-state index contributed by atoms with van der Waals surface area (Å²) in [6.45, 7) is 5.47. The molecule has 0 fully saturated rings. The first kappa shape index (κ1) is 12.3. The first-order chi connectivity index (χ1) is 8.49. The van der Waals surface area contributed by atoms with Gasteiger partial charge in [0.05, 0.1) is 0 Å². The fourth-order valence-corrected chi connectivity index (χ4v) is 1.65. The summed E-state index contributed by atoms with van der Waals surface area (Å²) >= 11 is 0. The van der Waals surface area contributed by atoms with E-state index in [-0.39, 0.29) is 5.92 Å². The van der Waals surface area contributed by atoms with Crippen LogP contribution in [0, 0.1) is 12.8 Å². The van der Waals surface area contributed by atoms with Crippen LogP contribution in [0.15, 0.2) is 12.1 Å². The molecule has 0 saturated carbocycles. The van der Waals surface area contributed by atoms with Gasteiger partial charge in [-0.1, -0.05) is 13.8 Å². The van der Waals surface area contributed by atoms with Crippen LogP contribution < -0.4 is 5.32 Å². The third-order valence-corrected chi connectivity index (χ3v) is 2.65. The lowest BCUT2D eigenvalue weighted by atomic mass is 10.1. The zero-order valence-electron chi connectivity index (χ0n) is 10.5. The van der Waals surface area contributed by atoms with Crippen LogP contribution in [0.2, 0.25) is 0 Å². The van der Waals surface area contributed by atoms with Gasteiger partial charge in [-0.05, 0) is 25.0 Å². The molecule has 0 amide bonds. The molecule has 0 saturated heterocycles. The zero-order chi connectivity index (χ0) is 13.3. The highest BCUT2D eigenvalue weighted by molar-refractivity contribution is 5.77. The Labute approximate surface area is 104 Å². The van der Waals surface area contributed by atoms with Crippen LogP contribution in [-0.2, 0) is 4.79 Å². The number of carboxylic acids is 1. The molecule has 18 heavy (non-hydrogen) atoms. The third kappa shape index (κ3) is 2.24. The number of rotatable bonds is 4. The second-order valence-electron chi connectivity index (χ2n) is 4.44. The van der Waals surface area contributed by atoms with Crippen LogP contribution in [0.1, 0.15) is 19.7 Å². The molecule has 0 radical (unpaired) electrons. The average Bonchev–Trinajstić information content (AvgIpc) is 2.67. The lowest BCUT2D eigenvalue weighted by molar-refractivity contribution is -0.138. The van der Waals surface area contributed by atoms with Crippen molar-refractivity contribution in [3.63, 3.8) is 0 Å². The van der Waals surface area contributed by atoms with Gasteiger partial charge in [-0.2, -0.15) is 4.52 Å². The summed E-state index contributed by atoms with van der Waals surface area (Å²) < 4.78 is 1.57. The highest BCUT2D eigenvalue weighted by Crippen LogP contribution is 2.12. The van der Waals surface area contributed by atoms with Gasteiger partial charge < -0.3 is 10.4 Å². The monoisotopic (exact) mass is 249 g/mol. The Morgan fingerprint density at radius 1 is 1.39 bits per heavy atom. The van der Waals surface area contributed by atoms with Gasteiger partial charge in [0.25, 0.3) is 0 Å². The summed E-state index contributed by atoms with van der Waals surface area (Å²) in [6, 6.07) is 2.77. The van der Waals surface area contributed by atoms with Crippen LogP contribution in [0.25, 0.3) is 5.65 Å². The van der Waals surface area contributed by atoms with E-state index in [1.54, 1.807) is 23.6 Å². The van der Waals surface area contributed by atoms with Crippen molar-refractivity contribution in [3.8, 4) is 0 Å². The summed E-state index contributed by atoms with van der Waals surface area (Å²) in [5.41, 5.74) is 0.634. The molecule has 2 aromatic rings. The van der Waals surface area contributed by atoms with E-state index < -0.39 is 12.0 Å². The van der Waals surface area contributed by atoms with Gasteiger partial charge in [-0.3, -0.25) is 0 Å². The molecule has 7 heteroatoms. The minimum absolute atomic E-state index is 0.0398. The van der Waals surface area contributed by atoms with Crippen molar-refractivity contribution in [2.75, 3.05) is 5.32 Å². The van der Waals surface area contributed by atoms with E-state index in [0.717, 1.165) is 0 Å². The number of aryl methyl sites for hydroxylation is 1. The predicted molar refractivity (Wildman–Crippen MR) is 65.4 cm³/mol. The fourth-order valence-electron chi connectivity index (χ4n) is 1.65. The molecule has 2 heterocycles. The summed E-state index contributed by atoms with van der Waals surface area (Å²) in [5.74, 6) is 0.214. The Balaban J connectivity index is 2.30. The van der Waals surface area contributed by atoms with Crippen molar-refractivity contribution < 1.29 is 9.90 Å². The van der Waals surface area contributed by atoms with Gasteiger partial charge in [0, 0.05) is 0 Å². The second kappa shape index (κ2) is 4.59. The summed E-state index contributed by atoms with van der Waals surface area (Å²) in [6.07, 6.45) is 0. The number of fused-ring (bicyclic) bond motifs is 1. The molecule has 1 atom stereocenters. The standard InChI is InChI=1S/C11H15N5O2/c1-6(2)10(11(17)18)12-8-4-5-9-14-13-7(3)16(9)15-8/h4-6,10H,1-3H3,(H,12,15)(H,17,18)/t10-/m1/s1. The van der Waals surface area contributed by atoms with E-state index in [1.807, 2.05) is 13.8 Å². The maximum Gasteiger partial charge on any atom is 0.326 e. The molecule has 2 rings (SSSR count). The van der Waals surface area contributed by atoms with Crippen molar-refractivity contribution in [1.29, 1.82) is 0 Å². The molecule has 2 aromatic heterocycles. The van der Waals surface area contributed by atoms with Crippen molar-refractivity contribution in [2.45, 2.75) is 26.8 Å². The number of aliphatic carboxylic acids is 1. The minimum atomic E-state index is -0.896.